The van der Waals surface area contributed by atoms with Crippen molar-refractivity contribution in [3.63, 3.8) is 0 Å². The van der Waals surface area contributed by atoms with Crippen LogP contribution in [0, 0.1) is 0 Å². The van der Waals surface area contributed by atoms with Gasteiger partial charge in [-0.1, -0.05) is 25.7 Å². The van der Waals surface area contributed by atoms with Gasteiger partial charge in [0, 0.05) is 6.04 Å². The lowest BCUT2D eigenvalue weighted by atomic mass is 10.1. The number of carbonyl (C=O) groups is 1. The number of hydrogen-bond donors (Lipinski definition) is 2. The van der Waals surface area contributed by atoms with E-state index in [2.05, 4.69) is 10.0 Å². The van der Waals surface area contributed by atoms with E-state index < -0.39 is 10.0 Å². The first-order valence-corrected chi connectivity index (χ1v) is 10.0. The van der Waals surface area contributed by atoms with Gasteiger partial charge >= 0.3 is 0 Å². The van der Waals surface area contributed by atoms with Crippen LogP contribution in [0.4, 0.5) is 0 Å². The van der Waals surface area contributed by atoms with E-state index in [1.165, 1.54) is 25.0 Å². The first-order chi connectivity index (χ1) is 11.5. The number of carbonyl (C=O) groups excluding carboxylic acids is 1. The van der Waals surface area contributed by atoms with Gasteiger partial charge in [0.15, 0.2) is 0 Å². The van der Waals surface area contributed by atoms with Crippen LogP contribution in [0.25, 0.3) is 0 Å². The molecule has 2 rings (SSSR count). The lowest BCUT2D eigenvalue weighted by Gasteiger charge is -2.16. The Morgan fingerprint density at radius 2 is 1.75 bits per heavy atom. The van der Waals surface area contributed by atoms with Crippen LogP contribution in [0.15, 0.2) is 29.2 Å². The van der Waals surface area contributed by atoms with Crippen molar-refractivity contribution in [2.45, 2.75) is 56.4 Å². The molecule has 0 heterocycles. The molecular weight excluding hydrogens is 328 g/mol. The van der Waals surface area contributed by atoms with Gasteiger partial charge in [0.25, 0.3) is 0 Å². The first-order valence-electron chi connectivity index (χ1n) is 8.53. The van der Waals surface area contributed by atoms with E-state index in [0.29, 0.717) is 12.4 Å². The molecule has 6 nitrogen and oxygen atoms in total. The summed E-state index contributed by atoms with van der Waals surface area (Å²) in [5, 5.41) is 2.92. The van der Waals surface area contributed by atoms with Crippen molar-refractivity contribution >= 4 is 15.9 Å². The Morgan fingerprint density at radius 3 is 2.33 bits per heavy atom. The predicted octanol–water partition coefficient (Wildman–Crippen LogP) is 2.20. The zero-order chi connectivity index (χ0) is 17.4. The standard InChI is InChI=1S/C17H26N2O4S/c1-2-23-15-9-11-16(12-10-15)24(21,22)18-13-17(20)19-14-7-5-3-4-6-8-14/h9-12,14,18H,2-8,13H2,1H3,(H,19,20). The summed E-state index contributed by atoms with van der Waals surface area (Å²) < 4.78 is 32.1. The smallest absolute Gasteiger partial charge is 0.241 e. The van der Waals surface area contributed by atoms with Gasteiger partial charge in [0.2, 0.25) is 15.9 Å². The van der Waals surface area contributed by atoms with E-state index >= 15 is 0 Å². The number of amides is 1. The number of rotatable bonds is 7. The molecule has 2 N–H and O–H groups in total. The maximum atomic E-state index is 12.2. The van der Waals surface area contributed by atoms with Crippen LogP contribution in [-0.2, 0) is 14.8 Å². The molecule has 0 radical (unpaired) electrons. The molecule has 0 bridgehead atoms. The Kier molecular flexibility index (Phi) is 7.05. The van der Waals surface area contributed by atoms with Crippen molar-refractivity contribution in [3.05, 3.63) is 24.3 Å². The predicted molar refractivity (Wildman–Crippen MR) is 92.4 cm³/mol. The third-order valence-electron chi connectivity index (χ3n) is 4.09. The summed E-state index contributed by atoms with van der Waals surface area (Å²) in [4.78, 5) is 12.1. The minimum atomic E-state index is -3.70. The van der Waals surface area contributed by atoms with Gasteiger partial charge in [-0.3, -0.25) is 4.79 Å². The van der Waals surface area contributed by atoms with Gasteiger partial charge < -0.3 is 10.1 Å². The fourth-order valence-electron chi connectivity index (χ4n) is 2.83. The average Bonchev–Trinajstić information content (AvgIpc) is 2.83. The second-order valence-electron chi connectivity index (χ2n) is 5.98. The third kappa shape index (κ3) is 5.79. The summed E-state index contributed by atoms with van der Waals surface area (Å²) in [5.74, 6) is 0.332. The Balaban J connectivity index is 1.85. The molecule has 0 atom stereocenters. The molecule has 1 aromatic carbocycles. The van der Waals surface area contributed by atoms with Gasteiger partial charge in [-0.2, -0.15) is 0 Å². The molecule has 24 heavy (non-hydrogen) atoms. The van der Waals surface area contributed by atoms with E-state index in [4.69, 9.17) is 4.74 Å². The fourth-order valence-corrected chi connectivity index (χ4v) is 3.81. The number of nitrogens with one attached hydrogen (secondary N) is 2. The van der Waals surface area contributed by atoms with E-state index in [0.717, 1.165) is 25.7 Å². The maximum Gasteiger partial charge on any atom is 0.241 e. The van der Waals surface area contributed by atoms with Crippen LogP contribution in [0.1, 0.15) is 45.4 Å². The van der Waals surface area contributed by atoms with Crippen molar-refractivity contribution in [2.24, 2.45) is 0 Å². The summed E-state index contributed by atoms with van der Waals surface area (Å²) in [7, 11) is -3.70. The van der Waals surface area contributed by atoms with Crippen LogP contribution >= 0.6 is 0 Å². The van der Waals surface area contributed by atoms with E-state index in [-0.39, 0.29) is 23.4 Å². The molecule has 1 aromatic rings. The quantitative estimate of drug-likeness (QED) is 0.735. The van der Waals surface area contributed by atoms with Gasteiger partial charge in [-0.05, 0) is 44.0 Å². The molecule has 1 aliphatic carbocycles. The zero-order valence-corrected chi connectivity index (χ0v) is 14.9. The topological polar surface area (TPSA) is 84.5 Å². The van der Waals surface area contributed by atoms with Crippen molar-refractivity contribution in [1.29, 1.82) is 0 Å². The summed E-state index contributed by atoms with van der Waals surface area (Å²) in [6.45, 7) is 2.14. The molecule has 0 unspecified atom stereocenters. The monoisotopic (exact) mass is 354 g/mol. The summed E-state index contributed by atoms with van der Waals surface area (Å²) >= 11 is 0. The third-order valence-corrected chi connectivity index (χ3v) is 5.51. The molecule has 7 heteroatoms. The molecular formula is C17H26N2O4S. The minimum absolute atomic E-state index is 0.119. The second-order valence-corrected chi connectivity index (χ2v) is 7.75. The van der Waals surface area contributed by atoms with Crippen molar-refractivity contribution in [2.75, 3.05) is 13.2 Å². The van der Waals surface area contributed by atoms with Crippen LogP contribution in [0.2, 0.25) is 0 Å². The van der Waals surface area contributed by atoms with Crippen molar-refractivity contribution in [1.82, 2.24) is 10.0 Å². The summed E-state index contributed by atoms with van der Waals surface area (Å²) in [5.41, 5.74) is 0. The lowest BCUT2D eigenvalue weighted by molar-refractivity contribution is -0.120. The molecule has 1 amide bonds. The highest BCUT2D eigenvalue weighted by atomic mass is 32.2. The van der Waals surface area contributed by atoms with Gasteiger partial charge in [-0.15, -0.1) is 0 Å². The lowest BCUT2D eigenvalue weighted by Crippen LogP contribution is -2.41. The highest BCUT2D eigenvalue weighted by molar-refractivity contribution is 7.89. The molecule has 0 saturated heterocycles. The molecule has 0 spiro atoms. The van der Waals surface area contributed by atoms with E-state index in [1.54, 1.807) is 12.1 Å². The van der Waals surface area contributed by atoms with Crippen molar-refractivity contribution < 1.29 is 17.9 Å². The molecule has 134 valence electrons. The maximum absolute atomic E-state index is 12.2. The number of benzene rings is 1. The average molecular weight is 354 g/mol. The minimum Gasteiger partial charge on any atom is -0.494 e. The van der Waals surface area contributed by atoms with Crippen LogP contribution < -0.4 is 14.8 Å². The van der Waals surface area contributed by atoms with Crippen LogP contribution in [-0.4, -0.2) is 33.5 Å². The van der Waals surface area contributed by atoms with E-state index in [1.807, 2.05) is 6.92 Å². The Labute approximate surface area is 144 Å². The van der Waals surface area contributed by atoms with Crippen LogP contribution in [0.5, 0.6) is 5.75 Å². The first kappa shape index (κ1) is 18.7. The molecule has 1 saturated carbocycles. The number of hydrogen-bond acceptors (Lipinski definition) is 4. The normalized spacial score (nSPS) is 16.4. The SMILES string of the molecule is CCOc1ccc(S(=O)(=O)NCC(=O)NC2CCCCCC2)cc1. The molecule has 0 aromatic heterocycles. The Morgan fingerprint density at radius 1 is 1.12 bits per heavy atom. The van der Waals surface area contributed by atoms with Gasteiger partial charge in [0.05, 0.1) is 18.0 Å². The molecule has 1 aliphatic rings. The Hall–Kier alpha value is -1.60. The second kappa shape index (κ2) is 9.03. The van der Waals surface area contributed by atoms with Crippen molar-refractivity contribution in [3.8, 4) is 5.75 Å². The highest BCUT2D eigenvalue weighted by Gasteiger charge is 2.18. The van der Waals surface area contributed by atoms with Gasteiger partial charge in [-0.25, -0.2) is 13.1 Å². The van der Waals surface area contributed by atoms with E-state index in [9.17, 15) is 13.2 Å². The number of sulfonamides is 1. The molecule has 0 aliphatic heterocycles. The highest BCUT2D eigenvalue weighted by Crippen LogP contribution is 2.17. The summed E-state index contributed by atoms with van der Waals surface area (Å²) in [6.07, 6.45) is 6.58. The van der Waals surface area contributed by atoms with Gasteiger partial charge in [0.1, 0.15) is 5.75 Å². The largest absolute Gasteiger partial charge is 0.494 e. The number of ether oxygens (including phenoxy) is 1. The fraction of sp³-hybridized carbons (Fsp3) is 0.588. The summed E-state index contributed by atoms with van der Waals surface area (Å²) in [6, 6.07) is 6.30. The van der Waals surface area contributed by atoms with Crippen LogP contribution in [0.3, 0.4) is 0 Å². The Bertz CT molecular complexity index is 620. The molecule has 1 fully saturated rings. The zero-order valence-electron chi connectivity index (χ0n) is 14.1.